The monoisotopic (exact) mass is 253 g/mol. The zero-order valence-electron chi connectivity index (χ0n) is 10.5. The lowest BCUT2D eigenvalue weighted by Gasteiger charge is -2.32. The van der Waals surface area contributed by atoms with E-state index in [1.54, 1.807) is 0 Å². The van der Waals surface area contributed by atoms with Crippen molar-refractivity contribution in [3.8, 4) is 0 Å². The summed E-state index contributed by atoms with van der Waals surface area (Å²) in [6.07, 6.45) is 1.34. The predicted molar refractivity (Wildman–Crippen MR) is 65.9 cm³/mol. The molecule has 1 saturated heterocycles. The normalized spacial score (nSPS) is 16.9. The first-order valence-corrected chi connectivity index (χ1v) is 5.92. The van der Waals surface area contributed by atoms with Crippen LogP contribution in [0.2, 0.25) is 0 Å². The predicted octanol–water partition coefficient (Wildman–Crippen LogP) is -2.79. The number of carbonyl (C=O) groups excluding carboxylic acids is 1. The average Bonchev–Trinajstić information content (AvgIpc) is 2.30. The van der Waals surface area contributed by atoms with E-state index in [-0.39, 0.29) is 11.3 Å². The molecule has 0 amide bonds. The van der Waals surface area contributed by atoms with Crippen molar-refractivity contribution >= 4 is 5.78 Å². The van der Waals surface area contributed by atoms with Gasteiger partial charge in [-0.15, -0.1) is 0 Å². The van der Waals surface area contributed by atoms with Gasteiger partial charge in [0.1, 0.15) is 5.56 Å². The molecule has 0 aliphatic carbocycles. The summed E-state index contributed by atoms with van der Waals surface area (Å²) in [6.45, 7) is 4.58. The van der Waals surface area contributed by atoms with Crippen LogP contribution in [0.3, 0.4) is 0 Å². The molecule has 0 atom stereocenters. The fraction of sp³-hybridized carbons (Fsp3) is 0.545. The topological polar surface area (TPSA) is 79.6 Å². The molecule has 1 aromatic heterocycles. The van der Waals surface area contributed by atoms with Crippen LogP contribution in [-0.4, -0.2) is 48.7 Å². The Balaban J connectivity index is 2.39. The molecular weight excluding hydrogens is 236 g/mol. The van der Waals surface area contributed by atoms with Crippen LogP contribution < -0.4 is 21.2 Å². The molecular formula is C11H17N4O3+. The number of Topliss-reactive ketones (excluding diaryl/α,β-unsaturated/α-hetero) is 1. The minimum atomic E-state index is -0.622. The van der Waals surface area contributed by atoms with Crippen molar-refractivity contribution < 1.29 is 9.69 Å². The van der Waals surface area contributed by atoms with Gasteiger partial charge in [-0.05, 0) is 6.92 Å². The summed E-state index contributed by atoms with van der Waals surface area (Å²) in [6, 6.07) is 0. The molecule has 0 unspecified atom stereocenters. The Hall–Kier alpha value is -1.89. The number of nitrogens with zero attached hydrogens (tertiary/aromatic N) is 2. The second-order valence-electron chi connectivity index (χ2n) is 4.61. The number of quaternary nitrogens is 1. The highest BCUT2D eigenvalue weighted by Crippen LogP contribution is 1.92. The van der Waals surface area contributed by atoms with Crippen molar-refractivity contribution in [2.75, 3.05) is 38.2 Å². The molecule has 0 spiro atoms. The lowest BCUT2D eigenvalue weighted by Crippen LogP contribution is -3.12. The van der Waals surface area contributed by atoms with Crippen LogP contribution in [0, 0.1) is 0 Å². The highest BCUT2D eigenvalue weighted by Gasteiger charge is 2.19. The van der Waals surface area contributed by atoms with Gasteiger partial charge >= 0.3 is 5.69 Å². The van der Waals surface area contributed by atoms with Crippen molar-refractivity contribution in [1.29, 1.82) is 0 Å². The molecule has 1 aromatic rings. The van der Waals surface area contributed by atoms with Gasteiger partial charge in [0, 0.05) is 6.20 Å². The van der Waals surface area contributed by atoms with Gasteiger partial charge in [-0.2, -0.15) is 0 Å². The Morgan fingerprint density at radius 2 is 1.94 bits per heavy atom. The van der Waals surface area contributed by atoms with Gasteiger partial charge in [0.05, 0.1) is 33.2 Å². The van der Waals surface area contributed by atoms with Crippen LogP contribution >= 0.6 is 0 Å². The van der Waals surface area contributed by atoms with Crippen LogP contribution in [0.25, 0.3) is 0 Å². The summed E-state index contributed by atoms with van der Waals surface area (Å²) in [4.78, 5) is 38.1. The van der Waals surface area contributed by atoms with Gasteiger partial charge in [-0.25, -0.2) is 9.47 Å². The molecule has 1 aliphatic rings. The van der Waals surface area contributed by atoms with Crippen molar-refractivity contribution in [1.82, 2.24) is 9.66 Å². The first-order valence-electron chi connectivity index (χ1n) is 5.92. The Bertz CT molecular complexity index is 566. The maximum absolute atomic E-state index is 11.7. The summed E-state index contributed by atoms with van der Waals surface area (Å²) in [5.74, 6) is -0.343. The Labute approximate surface area is 104 Å². The summed E-state index contributed by atoms with van der Waals surface area (Å²) < 4.78 is 1.34. The van der Waals surface area contributed by atoms with E-state index in [0.29, 0.717) is 0 Å². The van der Waals surface area contributed by atoms with E-state index in [9.17, 15) is 14.4 Å². The molecule has 2 heterocycles. The summed E-state index contributed by atoms with van der Waals surface area (Å²) in [7, 11) is 2.09. The van der Waals surface area contributed by atoms with Crippen LogP contribution in [0.1, 0.15) is 17.3 Å². The number of hydrogen-bond acceptors (Lipinski definition) is 4. The van der Waals surface area contributed by atoms with Crippen molar-refractivity contribution in [2.24, 2.45) is 0 Å². The molecule has 18 heavy (non-hydrogen) atoms. The van der Waals surface area contributed by atoms with E-state index in [2.05, 4.69) is 12.0 Å². The molecule has 0 aromatic carbocycles. The van der Waals surface area contributed by atoms with Crippen LogP contribution in [0.4, 0.5) is 0 Å². The summed E-state index contributed by atoms with van der Waals surface area (Å²) in [5.41, 5.74) is -1.10. The zero-order chi connectivity index (χ0) is 13.3. The maximum Gasteiger partial charge on any atom is 0.347 e. The second kappa shape index (κ2) is 4.77. The second-order valence-corrected chi connectivity index (χ2v) is 4.61. The minimum absolute atomic E-state index is 0.0147. The zero-order valence-corrected chi connectivity index (χ0v) is 10.5. The third-order valence-corrected chi connectivity index (χ3v) is 3.20. The molecule has 0 saturated carbocycles. The summed E-state index contributed by atoms with van der Waals surface area (Å²) >= 11 is 0. The van der Waals surface area contributed by atoms with Gasteiger partial charge < -0.3 is 4.90 Å². The fourth-order valence-corrected chi connectivity index (χ4v) is 2.01. The number of hydrogen-bond donors (Lipinski definition) is 2. The molecule has 2 rings (SSSR count). The molecule has 2 N–H and O–H groups in total. The highest BCUT2D eigenvalue weighted by molar-refractivity contribution is 5.93. The fourth-order valence-electron chi connectivity index (χ4n) is 2.01. The molecule has 0 bridgehead atoms. The van der Waals surface area contributed by atoms with E-state index < -0.39 is 11.2 Å². The SMILES string of the molecule is CC(=O)c1cn(N2CC[NH+](C)CC2)c(=O)[nH]c1=O. The Morgan fingerprint density at radius 3 is 2.50 bits per heavy atom. The Morgan fingerprint density at radius 1 is 1.33 bits per heavy atom. The molecule has 1 aliphatic heterocycles. The minimum Gasteiger partial charge on any atom is -0.334 e. The smallest absolute Gasteiger partial charge is 0.334 e. The number of carbonyl (C=O) groups is 1. The van der Waals surface area contributed by atoms with Crippen molar-refractivity contribution in [2.45, 2.75) is 6.92 Å². The number of aromatic nitrogens is 2. The van der Waals surface area contributed by atoms with Crippen molar-refractivity contribution in [3.63, 3.8) is 0 Å². The van der Waals surface area contributed by atoms with Gasteiger partial charge in [-0.1, -0.05) is 0 Å². The lowest BCUT2D eigenvalue weighted by molar-refractivity contribution is -0.880. The van der Waals surface area contributed by atoms with Crippen LogP contribution in [0.15, 0.2) is 15.8 Å². The Kier molecular flexibility index (Phi) is 3.33. The van der Waals surface area contributed by atoms with E-state index in [1.165, 1.54) is 22.7 Å². The quantitative estimate of drug-likeness (QED) is 0.558. The van der Waals surface area contributed by atoms with E-state index in [4.69, 9.17) is 0 Å². The summed E-state index contributed by atoms with van der Waals surface area (Å²) in [5, 5.41) is 1.84. The molecule has 1 fully saturated rings. The van der Waals surface area contributed by atoms with Gasteiger partial charge in [-0.3, -0.25) is 19.6 Å². The van der Waals surface area contributed by atoms with Gasteiger partial charge in [0.15, 0.2) is 5.78 Å². The average molecular weight is 253 g/mol. The van der Waals surface area contributed by atoms with Crippen LogP contribution in [-0.2, 0) is 0 Å². The number of H-pyrrole nitrogens is 1. The molecule has 7 nitrogen and oxygen atoms in total. The van der Waals surface area contributed by atoms with Gasteiger partial charge in [0.2, 0.25) is 0 Å². The standard InChI is InChI=1S/C11H16N4O3/c1-8(16)9-7-15(11(18)12-10(9)17)14-5-3-13(2)4-6-14/h7H,3-6H2,1-2H3,(H,12,17,18)/p+1. The highest BCUT2D eigenvalue weighted by atomic mass is 16.2. The number of ketones is 1. The van der Waals surface area contributed by atoms with E-state index in [0.717, 1.165) is 26.2 Å². The molecule has 0 radical (unpaired) electrons. The number of aromatic amines is 1. The number of nitrogens with one attached hydrogen (secondary N) is 2. The first-order chi connectivity index (χ1) is 8.49. The van der Waals surface area contributed by atoms with E-state index in [1.807, 2.05) is 5.01 Å². The van der Waals surface area contributed by atoms with Crippen molar-refractivity contribution in [3.05, 3.63) is 32.6 Å². The van der Waals surface area contributed by atoms with E-state index >= 15 is 0 Å². The first kappa shape index (κ1) is 12.6. The molecule has 7 heteroatoms. The maximum atomic E-state index is 11.7. The lowest BCUT2D eigenvalue weighted by atomic mass is 10.2. The number of rotatable bonds is 2. The molecule has 98 valence electrons. The largest absolute Gasteiger partial charge is 0.347 e. The van der Waals surface area contributed by atoms with Gasteiger partial charge in [0.25, 0.3) is 5.56 Å². The third-order valence-electron chi connectivity index (χ3n) is 3.20. The number of likely N-dealkylation sites (N-methyl/N-ethyl adjacent to an activating group) is 1. The number of piperazine rings is 1. The van der Waals surface area contributed by atoms with Crippen LogP contribution in [0.5, 0.6) is 0 Å². The third kappa shape index (κ3) is 2.35.